The number of nitrogens with two attached hydrogens (primary N) is 1. The average molecular weight is 244 g/mol. The van der Waals surface area contributed by atoms with Crippen molar-refractivity contribution in [1.29, 1.82) is 0 Å². The minimum absolute atomic E-state index is 0.0383. The first kappa shape index (κ1) is 16.4. The Morgan fingerprint density at radius 2 is 1.82 bits per heavy atom. The summed E-state index contributed by atoms with van der Waals surface area (Å²) in [4.78, 5) is 11.6. The van der Waals surface area contributed by atoms with Crippen molar-refractivity contribution < 1.29 is 9.90 Å². The van der Waals surface area contributed by atoms with Gasteiger partial charge in [-0.3, -0.25) is 4.79 Å². The molecule has 1 amide bonds. The van der Waals surface area contributed by atoms with E-state index in [4.69, 9.17) is 10.8 Å². The fourth-order valence-corrected chi connectivity index (χ4v) is 1.51. The Morgan fingerprint density at radius 3 is 2.29 bits per heavy atom. The van der Waals surface area contributed by atoms with Gasteiger partial charge in [0, 0.05) is 25.1 Å². The number of carbonyl (C=O) groups is 1. The van der Waals surface area contributed by atoms with E-state index < -0.39 is 0 Å². The summed E-state index contributed by atoms with van der Waals surface area (Å²) in [5.74, 6) is 0.0561. The molecule has 0 bridgehead atoms. The van der Waals surface area contributed by atoms with Crippen LogP contribution in [0.15, 0.2) is 0 Å². The molecule has 0 saturated carbocycles. The van der Waals surface area contributed by atoms with Crippen LogP contribution < -0.4 is 11.1 Å². The second-order valence-corrected chi connectivity index (χ2v) is 6.26. The molecule has 0 aromatic rings. The first-order valence-corrected chi connectivity index (χ1v) is 6.33. The molecule has 0 aromatic carbocycles. The number of carbonyl (C=O) groups excluding carboxylic acids is 1. The fraction of sp³-hybridized carbons (Fsp3) is 0.923. The van der Waals surface area contributed by atoms with Gasteiger partial charge in [0.05, 0.1) is 0 Å². The summed E-state index contributed by atoms with van der Waals surface area (Å²) in [6, 6.07) is 0. The number of aliphatic hydroxyl groups excluding tert-OH is 1. The van der Waals surface area contributed by atoms with Crippen molar-refractivity contribution in [2.75, 3.05) is 13.2 Å². The van der Waals surface area contributed by atoms with Gasteiger partial charge in [-0.25, -0.2) is 0 Å². The Kier molecular flexibility index (Phi) is 6.72. The zero-order chi connectivity index (χ0) is 13.5. The van der Waals surface area contributed by atoms with Gasteiger partial charge >= 0.3 is 0 Å². The van der Waals surface area contributed by atoms with Crippen LogP contribution in [-0.2, 0) is 4.79 Å². The first-order valence-electron chi connectivity index (χ1n) is 6.33. The zero-order valence-corrected chi connectivity index (χ0v) is 11.7. The van der Waals surface area contributed by atoms with Crippen LogP contribution >= 0.6 is 0 Å². The monoisotopic (exact) mass is 244 g/mol. The van der Waals surface area contributed by atoms with Gasteiger partial charge in [-0.15, -0.1) is 0 Å². The Balaban J connectivity index is 3.83. The van der Waals surface area contributed by atoms with Gasteiger partial charge in [-0.2, -0.15) is 0 Å². The highest BCUT2D eigenvalue weighted by Crippen LogP contribution is 2.20. The van der Waals surface area contributed by atoms with Crippen LogP contribution in [0.25, 0.3) is 0 Å². The predicted octanol–water partition coefficient (Wildman–Crippen LogP) is 1.42. The summed E-state index contributed by atoms with van der Waals surface area (Å²) >= 11 is 0. The largest absolute Gasteiger partial charge is 0.396 e. The van der Waals surface area contributed by atoms with Gasteiger partial charge < -0.3 is 16.2 Å². The minimum atomic E-state index is -0.288. The van der Waals surface area contributed by atoms with Crippen molar-refractivity contribution in [3.63, 3.8) is 0 Å². The fourth-order valence-electron chi connectivity index (χ4n) is 1.51. The molecule has 0 fully saturated rings. The quantitative estimate of drug-likeness (QED) is 0.604. The van der Waals surface area contributed by atoms with Crippen LogP contribution in [-0.4, -0.2) is 29.7 Å². The maximum atomic E-state index is 11.6. The van der Waals surface area contributed by atoms with Crippen LogP contribution in [0.3, 0.4) is 0 Å². The highest BCUT2D eigenvalue weighted by molar-refractivity contribution is 5.75. The lowest BCUT2D eigenvalue weighted by Gasteiger charge is -2.25. The average Bonchev–Trinajstić information content (AvgIpc) is 2.20. The number of amides is 1. The second-order valence-electron chi connectivity index (χ2n) is 6.26. The van der Waals surface area contributed by atoms with Crippen LogP contribution in [0.2, 0.25) is 0 Å². The number of aliphatic hydroxyl groups is 1. The Bertz CT molecular complexity index is 232. The lowest BCUT2D eigenvalue weighted by Crippen LogP contribution is -2.37. The number of rotatable bonds is 8. The Morgan fingerprint density at radius 1 is 1.24 bits per heavy atom. The van der Waals surface area contributed by atoms with Gasteiger partial charge in [0.2, 0.25) is 5.91 Å². The molecular weight excluding hydrogens is 216 g/mol. The van der Waals surface area contributed by atoms with Crippen LogP contribution in [0.5, 0.6) is 0 Å². The SMILES string of the molecule is CC(C)(N)CCC(=O)NCC(C)(C)CCCO. The van der Waals surface area contributed by atoms with E-state index in [1.165, 1.54) is 0 Å². The molecule has 0 unspecified atom stereocenters. The highest BCUT2D eigenvalue weighted by Gasteiger charge is 2.19. The third kappa shape index (κ3) is 10.3. The third-order valence-corrected chi connectivity index (χ3v) is 2.77. The van der Waals surface area contributed by atoms with Crippen LogP contribution in [0.4, 0.5) is 0 Å². The maximum Gasteiger partial charge on any atom is 0.220 e. The lowest BCUT2D eigenvalue weighted by atomic mass is 9.88. The van der Waals surface area contributed by atoms with Crippen LogP contribution in [0, 0.1) is 5.41 Å². The first-order chi connectivity index (χ1) is 7.66. The summed E-state index contributed by atoms with van der Waals surface area (Å²) in [5, 5.41) is 11.7. The molecule has 4 nitrogen and oxygen atoms in total. The van der Waals surface area contributed by atoms with Crippen LogP contribution in [0.1, 0.15) is 53.4 Å². The normalized spacial score (nSPS) is 12.6. The molecule has 0 saturated heterocycles. The summed E-state index contributed by atoms with van der Waals surface area (Å²) in [7, 11) is 0. The van der Waals surface area contributed by atoms with E-state index in [-0.39, 0.29) is 23.5 Å². The second kappa shape index (κ2) is 6.97. The highest BCUT2D eigenvalue weighted by atomic mass is 16.2. The van der Waals surface area contributed by atoms with E-state index in [9.17, 15) is 4.79 Å². The van der Waals surface area contributed by atoms with E-state index in [0.717, 1.165) is 12.8 Å². The van der Waals surface area contributed by atoms with Crippen molar-refractivity contribution in [2.24, 2.45) is 11.1 Å². The van der Waals surface area contributed by atoms with Gasteiger partial charge in [0.25, 0.3) is 0 Å². The standard InChI is InChI=1S/C13H28N2O2/c1-12(2,7-5-9-16)10-15-11(17)6-8-13(3,4)14/h16H,5-10,14H2,1-4H3,(H,15,17). The molecule has 17 heavy (non-hydrogen) atoms. The number of nitrogens with one attached hydrogen (secondary N) is 1. The van der Waals surface area contributed by atoms with E-state index in [1.54, 1.807) is 0 Å². The molecule has 0 aliphatic rings. The maximum absolute atomic E-state index is 11.6. The predicted molar refractivity (Wildman–Crippen MR) is 70.6 cm³/mol. The van der Waals surface area contributed by atoms with Gasteiger partial charge in [0.1, 0.15) is 0 Å². The van der Waals surface area contributed by atoms with Gasteiger partial charge in [0.15, 0.2) is 0 Å². The van der Waals surface area contributed by atoms with Crippen molar-refractivity contribution >= 4 is 5.91 Å². The molecule has 0 rings (SSSR count). The molecule has 102 valence electrons. The summed E-state index contributed by atoms with van der Waals surface area (Å²) in [6.45, 7) is 8.89. The van der Waals surface area contributed by atoms with E-state index in [0.29, 0.717) is 19.4 Å². The summed E-state index contributed by atoms with van der Waals surface area (Å²) in [6.07, 6.45) is 2.85. The number of hydrogen-bond donors (Lipinski definition) is 3. The van der Waals surface area contributed by atoms with E-state index >= 15 is 0 Å². The smallest absolute Gasteiger partial charge is 0.220 e. The summed E-state index contributed by atoms with van der Waals surface area (Å²) in [5.41, 5.74) is 5.57. The number of hydrogen-bond acceptors (Lipinski definition) is 3. The summed E-state index contributed by atoms with van der Waals surface area (Å²) < 4.78 is 0. The van der Waals surface area contributed by atoms with E-state index in [1.807, 2.05) is 13.8 Å². The molecule has 0 atom stereocenters. The molecule has 0 spiro atoms. The molecule has 0 heterocycles. The molecule has 0 aromatic heterocycles. The van der Waals surface area contributed by atoms with Gasteiger partial charge in [-0.1, -0.05) is 13.8 Å². The van der Waals surface area contributed by atoms with Gasteiger partial charge in [-0.05, 0) is 38.5 Å². The zero-order valence-electron chi connectivity index (χ0n) is 11.7. The lowest BCUT2D eigenvalue weighted by molar-refractivity contribution is -0.121. The molecule has 4 heteroatoms. The molecule has 4 N–H and O–H groups in total. The molecule has 0 aliphatic heterocycles. The van der Waals surface area contributed by atoms with Crippen molar-refractivity contribution in [3.05, 3.63) is 0 Å². The van der Waals surface area contributed by atoms with Crippen molar-refractivity contribution in [3.8, 4) is 0 Å². The molecule has 0 radical (unpaired) electrons. The molecular formula is C13H28N2O2. The van der Waals surface area contributed by atoms with E-state index in [2.05, 4.69) is 19.2 Å². The minimum Gasteiger partial charge on any atom is -0.396 e. The third-order valence-electron chi connectivity index (χ3n) is 2.77. The Hall–Kier alpha value is -0.610. The Labute approximate surface area is 105 Å². The van der Waals surface area contributed by atoms with Crippen molar-refractivity contribution in [1.82, 2.24) is 5.32 Å². The molecule has 0 aliphatic carbocycles. The topological polar surface area (TPSA) is 75.4 Å². The van der Waals surface area contributed by atoms with Crippen molar-refractivity contribution in [2.45, 2.75) is 58.9 Å².